The van der Waals surface area contributed by atoms with Crippen molar-refractivity contribution in [1.82, 2.24) is 14.9 Å². The van der Waals surface area contributed by atoms with Crippen LogP contribution in [-0.2, 0) is 11.2 Å². The number of likely N-dealkylation sites (N-methyl/N-ethyl adjacent to an activating group) is 1. The van der Waals surface area contributed by atoms with E-state index in [0.29, 0.717) is 6.54 Å². The van der Waals surface area contributed by atoms with Gasteiger partial charge in [0.25, 0.3) is 0 Å². The van der Waals surface area contributed by atoms with E-state index in [1.54, 1.807) is 0 Å². The molecule has 2 aromatic rings. The number of pyridine rings is 2. The van der Waals surface area contributed by atoms with Gasteiger partial charge in [0.2, 0.25) is 0 Å². The minimum absolute atomic E-state index is 0.335. The van der Waals surface area contributed by atoms with Gasteiger partial charge in [-0.05, 0) is 36.6 Å². The van der Waals surface area contributed by atoms with Crippen LogP contribution in [-0.4, -0.2) is 60.9 Å². The molecule has 0 aromatic carbocycles. The van der Waals surface area contributed by atoms with Gasteiger partial charge in [0.05, 0.1) is 6.54 Å². The summed E-state index contributed by atoms with van der Waals surface area (Å²) in [5.74, 6) is 1.87. The quantitative estimate of drug-likeness (QED) is 0.690. The molecule has 28 heavy (non-hydrogen) atoms. The fraction of sp³-hybridized carbons (Fsp3) is 0.409. The lowest BCUT2D eigenvalue weighted by atomic mass is 10.1. The van der Waals surface area contributed by atoms with Crippen molar-refractivity contribution < 1.29 is 4.79 Å². The molecule has 3 heterocycles. The minimum Gasteiger partial charge on any atom is -0.368 e. The average molecular weight is 380 g/mol. The summed E-state index contributed by atoms with van der Waals surface area (Å²) in [6.45, 7) is 12.6. The van der Waals surface area contributed by atoms with Crippen LogP contribution in [0.4, 0.5) is 11.6 Å². The largest absolute Gasteiger partial charge is 0.368 e. The van der Waals surface area contributed by atoms with E-state index in [1.807, 2.05) is 36.5 Å². The number of aryl methyl sites for hydroxylation is 2. The standard InChI is InChI=1S/C22H29N5O/c1-5-19-14-17(2)22(24-15-19)27-10-8-26(9-11-27)18(3)20-6-7-21(23-16-20)25(4)12-13-28/h6-7,13-16H,3,5,8-12H2,1-2,4H3. The number of piperazine rings is 1. The van der Waals surface area contributed by atoms with E-state index >= 15 is 0 Å². The Morgan fingerprint density at radius 3 is 2.54 bits per heavy atom. The predicted molar refractivity (Wildman–Crippen MR) is 115 cm³/mol. The topological polar surface area (TPSA) is 52.6 Å². The summed E-state index contributed by atoms with van der Waals surface area (Å²) in [6.07, 6.45) is 5.71. The van der Waals surface area contributed by atoms with Crippen molar-refractivity contribution in [1.29, 1.82) is 0 Å². The smallest absolute Gasteiger partial charge is 0.139 e. The van der Waals surface area contributed by atoms with Gasteiger partial charge >= 0.3 is 0 Å². The van der Waals surface area contributed by atoms with Crippen molar-refractivity contribution in [2.45, 2.75) is 20.3 Å². The second-order valence-electron chi connectivity index (χ2n) is 7.21. The van der Waals surface area contributed by atoms with Crippen LogP contribution in [0.25, 0.3) is 5.70 Å². The van der Waals surface area contributed by atoms with Crippen LogP contribution < -0.4 is 9.80 Å². The average Bonchev–Trinajstić information content (AvgIpc) is 2.73. The van der Waals surface area contributed by atoms with Crippen LogP contribution >= 0.6 is 0 Å². The predicted octanol–water partition coefficient (Wildman–Crippen LogP) is 2.78. The lowest BCUT2D eigenvalue weighted by Gasteiger charge is -2.38. The molecule has 0 saturated carbocycles. The maximum atomic E-state index is 10.7. The third kappa shape index (κ3) is 4.32. The van der Waals surface area contributed by atoms with Crippen LogP contribution in [0.5, 0.6) is 0 Å². The molecule has 0 radical (unpaired) electrons. The zero-order valence-electron chi connectivity index (χ0n) is 17.1. The molecule has 6 heteroatoms. The second-order valence-corrected chi connectivity index (χ2v) is 7.21. The molecular weight excluding hydrogens is 350 g/mol. The summed E-state index contributed by atoms with van der Waals surface area (Å²) in [5, 5.41) is 0. The van der Waals surface area contributed by atoms with Crippen LogP contribution in [0, 0.1) is 6.92 Å². The highest BCUT2D eigenvalue weighted by Gasteiger charge is 2.21. The Bertz CT molecular complexity index is 825. The number of anilines is 2. The van der Waals surface area contributed by atoms with Gasteiger partial charge in [0, 0.05) is 56.9 Å². The molecule has 6 nitrogen and oxygen atoms in total. The molecule has 0 atom stereocenters. The monoisotopic (exact) mass is 379 g/mol. The highest BCUT2D eigenvalue weighted by Crippen LogP contribution is 2.24. The maximum absolute atomic E-state index is 10.7. The first-order valence-electron chi connectivity index (χ1n) is 9.79. The molecule has 1 aliphatic rings. The normalized spacial score (nSPS) is 14.1. The molecule has 1 aliphatic heterocycles. The summed E-state index contributed by atoms with van der Waals surface area (Å²) >= 11 is 0. The van der Waals surface area contributed by atoms with E-state index in [1.165, 1.54) is 11.1 Å². The maximum Gasteiger partial charge on any atom is 0.139 e. The van der Waals surface area contributed by atoms with Crippen molar-refractivity contribution in [3.63, 3.8) is 0 Å². The Balaban J connectivity index is 1.61. The Labute approximate surface area is 167 Å². The molecule has 0 amide bonds. The van der Waals surface area contributed by atoms with Gasteiger partial charge in [0.15, 0.2) is 0 Å². The first kappa shape index (κ1) is 19.9. The molecule has 0 unspecified atom stereocenters. The van der Waals surface area contributed by atoms with Crippen molar-refractivity contribution in [3.05, 3.63) is 53.9 Å². The molecule has 0 aliphatic carbocycles. The molecule has 2 aromatic heterocycles. The molecular formula is C22H29N5O. The highest BCUT2D eigenvalue weighted by atomic mass is 16.1. The third-order valence-electron chi connectivity index (χ3n) is 5.30. The number of hydrogen-bond acceptors (Lipinski definition) is 6. The molecule has 1 saturated heterocycles. The van der Waals surface area contributed by atoms with Gasteiger partial charge < -0.3 is 19.5 Å². The molecule has 0 N–H and O–H groups in total. The van der Waals surface area contributed by atoms with Crippen molar-refractivity contribution in [2.24, 2.45) is 0 Å². The lowest BCUT2D eigenvalue weighted by molar-refractivity contribution is -0.106. The number of aromatic nitrogens is 2. The van der Waals surface area contributed by atoms with Crippen molar-refractivity contribution in [3.8, 4) is 0 Å². The Morgan fingerprint density at radius 1 is 1.21 bits per heavy atom. The van der Waals surface area contributed by atoms with Crippen molar-refractivity contribution >= 4 is 23.6 Å². The summed E-state index contributed by atoms with van der Waals surface area (Å²) in [7, 11) is 1.85. The number of carbonyl (C=O) groups excluding carboxylic acids is 1. The Hall–Kier alpha value is -2.89. The minimum atomic E-state index is 0.335. The van der Waals surface area contributed by atoms with E-state index in [9.17, 15) is 4.79 Å². The van der Waals surface area contributed by atoms with E-state index in [4.69, 9.17) is 0 Å². The number of aldehydes is 1. The Morgan fingerprint density at radius 2 is 1.96 bits per heavy atom. The zero-order valence-corrected chi connectivity index (χ0v) is 17.1. The van der Waals surface area contributed by atoms with Gasteiger partial charge in [-0.2, -0.15) is 0 Å². The fourth-order valence-electron chi connectivity index (χ4n) is 3.51. The Kier molecular flexibility index (Phi) is 6.29. The summed E-state index contributed by atoms with van der Waals surface area (Å²) < 4.78 is 0. The summed E-state index contributed by atoms with van der Waals surface area (Å²) in [6, 6.07) is 6.19. The molecule has 0 spiro atoms. The van der Waals surface area contributed by atoms with Gasteiger partial charge in [-0.25, -0.2) is 9.97 Å². The number of hydrogen-bond donors (Lipinski definition) is 0. The van der Waals surface area contributed by atoms with Crippen LogP contribution in [0.3, 0.4) is 0 Å². The summed E-state index contributed by atoms with van der Waals surface area (Å²) in [5.41, 5.74) is 4.52. The lowest BCUT2D eigenvalue weighted by Crippen LogP contribution is -2.45. The van der Waals surface area contributed by atoms with Gasteiger partial charge in [-0.15, -0.1) is 0 Å². The highest BCUT2D eigenvalue weighted by molar-refractivity contribution is 5.64. The zero-order chi connectivity index (χ0) is 20.1. The first-order valence-corrected chi connectivity index (χ1v) is 9.79. The molecule has 148 valence electrons. The van der Waals surface area contributed by atoms with E-state index in [0.717, 1.165) is 61.8 Å². The van der Waals surface area contributed by atoms with Gasteiger partial charge in [-0.3, -0.25) is 0 Å². The SMILES string of the molecule is C=C(c1ccc(N(C)CC=O)nc1)N1CCN(c2ncc(CC)cc2C)CC1. The fourth-order valence-corrected chi connectivity index (χ4v) is 3.51. The second kappa shape index (κ2) is 8.87. The van der Waals surface area contributed by atoms with E-state index in [-0.39, 0.29) is 0 Å². The first-order chi connectivity index (χ1) is 13.5. The van der Waals surface area contributed by atoms with Gasteiger partial charge in [0.1, 0.15) is 17.9 Å². The van der Waals surface area contributed by atoms with E-state index < -0.39 is 0 Å². The molecule has 1 fully saturated rings. The molecule has 3 rings (SSSR count). The van der Waals surface area contributed by atoms with Crippen LogP contribution in [0.1, 0.15) is 23.6 Å². The summed E-state index contributed by atoms with van der Waals surface area (Å²) in [4.78, 5) is 26.3. The van der Waals surface area contributed by atoms with Crippen molar-refractivity contribution in [2.75, 3.05) is 49.6 Å². The van der Waals surface area contributed by atoms with Gasteiger partial charge in [-0.1, -0.05) is 19.6 Å². The third-order valence-corrected chi connectivity index (χ3v) is 5.30. The number of carbonyl (C=O) groups is 1. The van der Waals surface area contributed by atoms with E-state index in [2.05, 4.69) is 46.3 Å². The number of rotatable bonds is 7. The number of nitrogens with zero attached hydrogens (tertiary/aromatic N) is 5. The van der Waals surface area contributed by atoms with Crippen LogP contribution in [0.2, 0.25) is 0 Å². The van der Waals surface area contributed by atoms with Crippen LogP contribution in [0.15, 0.2) is 37.2 Å². The molecule has 0 bridgehead atoms.